The van der Waals surface area contributed by atoms with Gasteiger partial charge in [0.25, 0.3) is 5.91 Å². The number of aliphatic carboxylic acids is 1. The number of aromatic nitrogens is 1. The van der Waals surface area contributed by atoms with E-state index in [9.17, 15) is 32.7 Å². The van der Waals surface area contributed by atoms with Crippen molar-refractivity contribution in [2.24, 2.45) is 10.9 Å². The van der Waals surface area contributed by atoms with Crippen LogP contribution in [0.3, 0.4) is 0 Å². The smallest absolute Gasteiger partial charge is 0.478 e. The molecule has 1 saturated heterocycles. The van der Waals surface area contributed by atoms with Crippen molar-refractivity contribution < 1.29 is 47.3 Å². The highest BCUT2D eigenvalue weighted by molar-refractivity contribution is 8.18. The van der Waals surface area contributed by atoms with E-state index < -0.39 is 24.0 Å². The summed E-state index contributed by atoms with van der Waals surface area (Å²) in [6.07, 6.45) is -2.88. The van der Waals surface area contributed by atoms with Gasteiger partial charge in [0.15, 0.2) is 5.17 Å². The number of benzene rings is 2. The average Bonchev–Trinajstić information content (AvgIpc) is 3.39. The third kappa shape index (κ3) is 9.28. The van der Waals surface area contributed by atoms with Crippen LogP contribution in [0.1, 0.15) is 42.4 Å². The molecule has 2 amide bonds. The molecule has 0 saturated carbocycles. The Balaban J connectivity index is 0.000000698. The number of carboxylic acid groups (broad SMARTS) is 2. The lowest BCUT2D eigenvalue weighted by Crippen LogP contribution is -2.37. The predicted octanol–water partition coefficient (Wildman–Crippen LogP) is 6.30. The van der Waals surface area contributed by atoms with Crippen LogP contribution in [-0.4, -0.2) is 76.6 Å². The van der Waals surface area contributed by atoms with Gasteiger partial charge >= 0.3 is 18.1 Å². The lowest BCUT2D eigenvalue weighted by molar-refractivity contribution is -0.192. The Kier molecular flexibility index (Phi) is 11.9. The SMILES string of the molecule is CCc1nc2ccc(C=C3SC(Nc4cc(NC(=O)C(C)C)ccc4Cl)=NC3=O)cc2c(N2CCOCC2)c1C(=O)O.O=C(O)C(F)(F)F. The van der Waals surface area contributed by atoms with Crippen molar-refractivity contribution in [3.05, 3.63) is 63.1 Å². The lowest BCUT2D eigenvalue weighted by Gasteiger charge is -2.31. The summed E-state index contributed by atoms with van der Waals surface area (Å²) in [4.78, 5) is 57.5. The number of amides is 2. The zero-order chi connectivity index (χ0) is 36.0. The van der Waals surface area contributed by atoms with Gasteiger partial charge in [-0.3, -0.25) is 14.6 Å². The summed E-state index contributed by atoms with van der Waals surface area (Å²) in [5.41, 5.74) is 3.81. The molecule has 2 aromatic carbocycles. The number of fused-ring (bicyclic) bond motifs is 1. The molecule has 2 aliphatic heterocycles. The van der Waals surface area contributed by atoms with E-state index in [4.69, 9.17) is 26.2 Å². The van der Waals surface area contributed by atoms with Crippen molar-refractivity contribution in [3.63, 3.8) is 0 Å². The van der Waals surface area contributed by atoms with Gasteiger partial charge in [0.2, 0.25) is 5.91 Å². The number of morpholine rings is 1. The van der Waals surface area contributed by atoms with Crippen LogP contribution in [0.25, 0.3) is 17.0 Å². The Morgan fingerprint density at radius 2 is 1.80 bits per heavy atom. The molecule has 0 radical (unpaired) electrons. The minimum atomic E-state index is -5.08. The molecule has 5 rings (SSSR count). The first-order chi connectivity index (χ1) is 23.1. The van der Waals surface area contributed by atoms with Crippen LogP contribution in [-0.2, 0) is 25.5 Å². The summed E-state index contributed by atoms with van der Waals surface area (Å²) in [5, 5.41) is 24.6. The van der Waals surface area contributed by atoms with E-state index in [0.717, 1.165) is 11.8 Å². The monoisotopic (exact) mass is 721 g/mol. The summed E-state index contributed by atoms with van der Waals surface area (Å²) in [6.45, 7) is 7.63. The molecule has 17 heteroatoms. The second-order valence-electron chi connectivity index (χ2n) is 10.9. The van der Waals surface area contributed by atoms with Crippen molar-refractivity contribution in [1.29, 1.82) is 0 Å². The van der Waals surface area contributed by atoms with Gasteiger partial charge in [0.05, 0.1) is 45.7 Å². The molecule has 3 aromatic rings. The summed E-state index contributed by atoms with van der Waals surface area (Å²) >= 11 is 7.53. The number of rotatable bonds is 7. The number of aryl methyl sites for hydroxylation is 1. The maximum Gasteiger partial charge on any atom is 0.490 e. The first-order valence-electron chi connectivity index (χ1n) is 14.8. The molecule has 3 heterocycles. The van der Waals surface area contributed by atoms with Gasteiger partial charge < -0.3 is 30.5 Å². The van der Waals surface area contributed by atoms with Gasteiger partial charge in [-0.1, -0.05) is 38.4 Å². The Morgan fingerprint density at radius 3 is 2.39 bits per heavy atom. The zero-order valence-electron chi connectivity index (χ0n) is 26.4. The summed E-state index contributed by atoms with van der Waals surface area (Å²) in [5.74, 6) is -4.50. The van der Waals surface area contributed by atoms with Crippen LogP contribution >= 0.6 is 23.4 Å². The van der Waals surface area contributed by atoms with Crippen LogP contribution in [0, 0.1) is 5.92 Å². The van der Waals surface area contributed by atoms with Crippen molar-refractivity contribution in [3.8, 4) is 0 Å². The van der Waals surface area contributed by atoms with E-state index in [1.165, 1.54) is 0 Å². The van der Waals surface area contributed by atoms with E-state index in [1.807, 2.05) is 30.0 Å². The number of aliphatic imine (C=N–C) groups is 1. The van der Waals surface area contributed by atoms with Crippen LogP contribution in [0.2, 0.25) is 5.02 Å². The van der Waals surface area contributed by atoms with Crippen LogP contribution in [0.15, 0.2) is 46.3 Å². The lowest BCUT2D eigenvalue weighted by atomic mass is 10.0. The first-order valence-corrected chi connectivity index (χ1v) is 16.0. The number of ether oxygens (including phenoxy) is 1. The number of nitrogens with zero attached hydrogens (tertiary/aromatic N) is 3. The number of aromatic carboxylic acids is 1. The van der Waals surface area contributed by atoms with Gasteiger partial charge in [-0.25, -0.2) is 9.59 Å². The number of hydrogen-bond donors (Lipinski definition) is 4. The van der Waals surface area contributed by atoms with E-state index in [-0.39, 0.29) is 17.4 Å². The average molecular weight is 722 g/mol. The third-order valence-electron chi connectivity index (χ3n) is 7.09. The second-order valence-corrected chi connectivity index (χ2v) is 12.4. The van der Waals surface area contributed by atoms with Gasteiger partial charge in [0, 0.05) is 30.1 Å². The number of halogens is 4. The molecule has 1 fully saturated rings. The molecular weight excluding hydrogens is 691 g/mol. The van der Waals surface area contributed by atoms with Crippen molar-refractivity contribution >= 4 is 86.3 Å². The van der Waals surface area contributed by atoms with Gasteiger partial charge in [-0.15, -0.1) is 0 Å². The molecule has 1 aromatic heterocycles. The molecule has 4 N–H and O–H groups in total. The molecule has 0 bridgehead atoms. The second kappa shape index (κ2) is 15.7. The minimum Gasteiger partial charge on any atom is -0.478 e. The van der Waals surface area contributed by atoms with Crippen LogP contribution < -0.4 is 15.5 Å². The highest BCUT2D eigenvalue weighted by Gasteiger charge is 2.38. The van der Waals surface area contributed by atoms with Gasteiger partial charge in [-0.05, 0) is 60.2 Å². The third-order valence-corrected chi connectivity index (χ3v) is 8.32. The molecule has 49 heavy (non-hydrogen) atoms. The van der Waals surface area contributed by atoms with E-state index in [0.29, 0.717) is 87.0 Å². The molecule has 0 unspecified atom stereocenters. The number of hydrogen-bond acceptors (Lipinski definition) is 9. The fourth-order valence-corrected chi connectivity index (χ4v) is 5.70. The van der Waals surface area contributed by atoms with Crippen molar-refractivity contribution in [2.45, 2.75) is 33.4 Å². The first kappa shape index (κ1) is 37.2. The Hall–Kier alpha value is -4.67. The zero-order valence-corrected chi connectivity index (χ0v) is 27.9. The highest BCUT2D eigenvalue weighted by atomic mass is 35.5. The number of amidine groups is 1. The highest BCUT2D eigenvalue weighted by Crippen LogP contribution is 2.36. The summed E-state index contributed by atoms with van der Waals surface area (Å²) < 4.78 is 37.2. The van der Waals surface area contributed by atoms with Crippen molar-refractivity contribution in [1.82, 2.24) is 4.98 Å². The number of carbonyl (C=O) groups excluding carboxylic acids is 2. The Labute approximate surface area is 287 Å². The van der Waals surface area contributed by atoms with Crippen molar-refractivity contribution in [2.75, 3.05) is 41.8 Å². The number of thioether (sulfide) groups is 1. The molecule has 2 aliphatic rings. The number of carbonyl (C=O) groups is 4. The standard InChI is InChI=1S/C30H30ClN5O5S.C2HF3O2/c1-4-21-25(29(39)40)26(36-9-11-41-12-10-36)19-13-17(5-8-22(19)33-21)14-24-28(38)35-30(42-24)34-23-15-18(6-7-20(23)31)32-27(37)16(2)3;3-2(4,5)1(6)7/h5-8,13-16H,4,9-12H2,1-3H3,(H,32,37)(H,39,40)(H,34,35,38);(H,6,7). The van der Waals surface area contributed by atoms with Gasteiger partial charge in [0.1, 0.15) is 5.56 Å². The maximum absolute atomic E-state index is 12.8. The quantitative estimate of drug-likeness (QED) is 0.202. The van der Waals surface area contributed by atoms with E-state index >= 15 is 0 Å². The van der Waals surface area contributed by atoms with E-state index in [1.54, 1.807) is 38.1 Å². The number of anilines is 3. The largest absolute Gasteiger partial charge is 0.490 e. The summed E-state index contributed by atoms with van der Waals surface area (Å²) in [7, 11) is 0. The Bertz CT molecular complexity index is 1860. The van der Waals surface area contributed by atoms with E-state index in [2.05, 4.69) is 20.6 Å². The maximum atomic E-state index is 12.8. The molecule has 0 aliphatic carbocycles. The van der Waals surface area contributed by atoms with Crippen LogP contribution in [0.4, 0.5) is 30.2 Å². The Morgan fingerprint density at radius 1 is 1.12 bits per heavy atom. The molecular formula is C32H31ClF3N5O7S. The molecule has 12 nitrogen and oxygen atoms in total. The summed E-state index contributed by atoms with van der Waals surface area (Å²) in [6, 6.07) is 10.6. The number of carboxylic acids is 2. The fraction of sp³-hybridized carbons (Fsp3) is 0.312. The molecule has 0 atom stereocenters. The normalized spacial score (nSPS) is 15.6. The number of pyridine rings is 1. The topological polar surface area (TPSA) is 171 Å². The predicted molar refractivity (Wildman–Crippen MR) is 181 cm³/mol. The fourth-order valence-electron chi connectivity index (χ4n) is 4.71. The molecule has 0 spiro atoms. The number of alkyl halides is 3. The van der Waals surface area contributed by atoms with Gasteiger partial charge in [-0.2, -0.15) is 18.2 Å². The minimum absolute atomic E-state index is 0.125. The number of nitrogens with one attached hydrogen (secondary N) is 2. The van der Waals surface area contributed by atoms with Crippen LogP contribution in [0.5, 0.6) is 0 Å². The molecule has 260 valence electrons.